The Morgan fingerprint density at radius 3 is 2.55 bits per heavy atom. The van der Waals surface area contributed by atoms with Crippen LogP contribution in [0.4, 0.5) is 5.82 Å². The van der Waals surface area contributed by atoms with Crippen molar-refractivity contribution in [1.29, 1.82) is 0 Å². The van der Waals surface area contributed by atoms with Crippen LogP contribution >= 0.6 is 0 Å². The highest BCUT2D eigenvalue weighted by molar-refractivity contribution is 7.89. The molecule has 0 radical (unpaired) electrons. The van der Waals surface area contributed by atoms with Crippen molar-refractivity contribution in [3.05, 3.63) is 5.76 Å². The molecule has 1 aromatic heterocycles. The average molecular weight is 300 g/mol. The van der Waals surface area contributed by atoms with Crippen LogP contribution < -0.4 is 5.73 Å². The third-order valence-electron chi connectivity index (χ3n) is 4.46. The zero-order chi connectivity index (χ0) is 14.5. The van der Waals surface area contributed by atoms with Crippen molar-refractivity contribution in [2.24, 2.45) is 5.41 Å². The van der Waals surface area contributed by atoms with Gasteiger partial charge in [-0.1, -0.05) is 5.16 Å². The summed E-state index contributed by atoms with van der Waals surface area (Å²) >= 11 is 0. The van der Waals surface area contributed by atoms with E-state index in [1.807, 2.05) is 0 Å². The predicted octanol–water partition coefficient (Wildman–Crippen LogP) is 0.282. The average Bonchev–Trinajstić information content (AvgIpc) is 3.03. The monoisotopic (exact) mass is 300 g/mol. The molecule has 2 saturated heterocycles. The molecule has 20 heavy (non-hydrogen) atoms. The maximum absolute atomic E-state index is 12.7. The quantitative estimate of drug-likeness (QED) is 0.843. The first-order valence-electron chi connectivity index (χ1n) is 6.75. The maximum atomic E-state index is 12.7. The summed E-state index contributed by atoms with van der Waals surface area (Å²) in [6.07, 6.45) is 1.95. The zero-order valence-corrected chi connectivity index (χ0v) is 12.6. The summed E-state index contributed by atoms with van der Waals surface area (Å²) in [6, 6.07) is 0. The first kappa shape index (κ1) is 13.8. The third-order valence-corrected chi connectivity index (χ3v) is 6.47. The fourth-order valence-electron chi connectivity index (χ4n) is 3.41. The Morgan fingerprint density at radius 2 is 2.00 bits per heavy atom. The highest BCUT2D eigenvalue weighted by Crippen LogP contribution is 2.41. The number of nitrogens with two attached hydrogens (primary N) is 1. The highest BCUT2D eigenvalue weighted by atomic mass is 32.2. The van der Waals surface area contributed by atoms with Crippen molar-refractivity contribution in [2.45, 2.75) is 24.7 Å². The number of rotatable bonds is 2. The Kier molecular flexibility index (Phi) is 3.07. The summed E-state index contributed by atoms with van der Waals surface area (Å²) in [5.41, 5.74) is 5.74. The van der Waals surface area contributed by atoms with E-state index in [1.165, 1.54) is 4.31 Å². The second-order valence-corrected chi connectivity index (χ2v) is 7.90. The standard InChI is InChI=1S/C12H20N4O3S/c1-9-10(11(13)14-19-9)20(17,18)16-6-4-12(8-16)3-5-15(2)7-12/h3-8H2,1-2H3,(H2,13,14). The third kappa shape index (κ3) is 2.02. The van der Waals surface area contributed by atoms with E-state index in [4.69, 9.17) is 10.3 Å². The fraction of sp³-hybridized carbons (Fsp3) is 0.750. The van der Waals surface area contributed by atoms with Gasteiger partial charge in [-0.2, -0.15) is 4.31 Å². The molecule has 1 unspecified atom stereocenters. The number of nitrogen functional groups attached to an aromatic ring is 1. The Labute approximate surface area is 118 Å². The molecule has 2 aliphatic heterocycles. The van der Waals surface area contributed by atoms with Crippen molar-refractivity contribution < 1.29 is 12.9 Å². The van der Waals surface area contributed by atoms with Crippen molar-refractivity contribution in [2.75, 3.05) is 39.0 Å². The Balaban J connectivity index is 1.88. The summed E-state index contributed by atoms with van der Waals surface area (Å²) in [7, 11) is -1.53. The minimum absolute atomic E-state index is 0.0286. The van der Waals surface area contributed by atoms with Crippen LogP contribution in [-0.4, -0.2) is 56.0 Å². The molecule has 2 N–H and O–H groups in total. The number of sulfonamides is 1. The summed E-state index contributed by atoms with van der Waals surface area (Å²) in [4.78, 5) is 2.29. The number of hydrogen-bond donors (Lipinski definition) is 1. The number of anilines is 1. The molecule has 3 rings (SSSR count). The molecule has 2 aliphatic rings. The lowest BCUT2D eigenvalue weighted by Gasteiger charge is -2.23. The summed E-state index contributed by atoms with van der Waals surface area (Å²) in [6.45, 7) is 4.66. The summed E-state index contributed by atoms with van der Waals surface area (Å²) < 4.78 is 31.8. The van der Waals surface area contributed by atoms with Crippen LogP contribution in [0.25, 0.3) is 0 Å². The van der Waals surface area contributed by atoms with Gasteiger partial charge < -0.3 is 15.2 Å². The van der Waals surface area contributed by atoms with Gasteiger partial charge in [0.05, 0.1) is 0 Å². The summed E-state index contributed by atoms with van der Waals surface area (Å²) in [5, 5.41) is 3.54. The Bertz CT molecular complexity index is 607. The van der Waals surface area contributed by atoms with E-state index in [-0.39, 0.29) is 21.9 Å². The van der Waals surface area contributed by atoms with E-state index in [9.17, 15) is 8.42 Å². The van der Waals surface area contributed by atoms with Crippen LogP contribution in [0.5, 0.6) is 0 Å². The lowest BCUT2D eigenvalue weighted by atomic mass is 9.87. The molecule has 0 aliphatic carbocycles. The van der Waals surface area contributed by atoms with E-state index < -0.39 is 10.0 Å². The van der Waals surface area contributed by atoms with Gasteiger partial charge in [-0.3, -0.25) is 0 Å². The molecule has 0 aromatic carbocycles. The van der Waals surface area contributed by atoms with Crippen LogP contribution in [0.1, 0.15) is 18.6 Å². The highest BCUT2D eigenvalue weighted by Gasteiger charge is 2.47. The molecule has 1 atom stereocenters. The molecule has 2 fully saturated rings. The molecule has 1 aromatic rings. The molecule has 1 spiro atoms. The van der Waals surface area contributed by atoms with Gasteiger partial charge in [0, 0.05) is 19.6 Å². The fourth-order valence-corrected chi connectivity index (χ4v) is 5.15. The van der Waals surface area contributed by atoms with E-state index in [2.05, 4.69) is 17.1 Å². The lowest BCUT2D eigenvalue weighted by molar-refractivity contribution is 0.294. The van der Waals surface area contributed by atoms with Crippen molar-refractivity contribution in [1.82, 2.24) is 14.4 Å². The van der Waals surface area contributed by atoms with Crippen molar-refractivity contribution >= 4 is 15.8 Å². The zero-order valence-electron chi connectivity index (χ0n) is 11.8. The second-order valence-electron chi connectivity index (χ2n) is 6.03. The van der Waals surface area contributed by atoms with Gasteiger partial charge in [0.2, 0.25) is 10.0 Å². The van der Waals surface area contributed by atoms with E-state index >= 15 is 0 Å². The predicted molar refractivity (Wildman–Crippen MR) is 73.6 cm³/mol. The smallest absolute Gasteiger partial charge is 0.250 e. The van der Waals surface area contributed by atoms with Gasteiger partial charge in [-0.25, -0.2) is 8.42 Å². The SMILES string of the molecule is Cc1onc(N)c1S(=O)(=O)N1CCC2(CCN(C)C2)C1. The number of hydrogen-bond acceptors (Lipinski definition) is 6. The van der Waals surface area contributed by atoms with Crippen molar-refractivity contribution in [3.8, 4) is 0 Å². The van der Waals surface area contributed by atoms with E-state index in [0.717, 1.165) is 25.9 Å². The van der Waals surface area contributed by atoms with Gasteiger partial charge in [0.25, 0.3) is 0 Å². The maximum Gasteiger partial charge on any atom is 0.250 e. The van der Waals surface area contributed by atoms with E-state index in [0.29, 0.717) is 13.1 Å². The molecule has 8 heteroatoms. The topological polar surface area (TPSA) is 92.7 Å². The first-order chi connectivity index (χ1) is 9.34. The van der Waals surface area contributed by atoms with Gasteiger partial charge in [0.15, 0.2) is 16.5 Å². The lowest BCUT2D eigenvalue weighted by Crippen LogP contribution is -2.34. The van der Waals surface area contributed by atoms with Crippen LogP contribution in [0.3, 0.4) is 0 Å². The second kappa shape index (κ2) is 4.44. The van der Waals surface area contributed by atoms with Crippen LogP contribution in [-0.2, 0) is 10.0 Å². The van der Waals surface area contributed by atoms with Gasteiger partial charge in [-0.05, 0) is 38.8 Å². The molecule has 0 saturated carbocycles. The van der Waals surface area contributed by atoms with Crippen LogP contribution in [0.15, 0.2) is 9.42 Å². The Morgan fingerprint density at radius 1 is 1.30 bits per heavy atom. The molecule has 3 heterocycles. The minimum Gasteiger partial charge on any atom is -0.380 e. The first-order valence-corrected chi connectivity index (χ1v) is 8.19. The molecular formula is C12H20N4O3S. The van der Waals surface area contributed by atoms with Gasteiger partial charge in [-0.15, -0.1) is 0 Å². The number of likely N-dealkylation sites (tertiary alicyclic amines) is 1. The minimum atomic E-state index is -3.60. The van der Waals surface area contributed by atoms with Gasteiger partial charge in [0.1, 0.15) is 0 Å². The molecule has 112 valence electrons. The van der Waals surface area contributed by atoms with Gasteiger partial charge >= 0.3 is 0 Å². The van der Waals surface area contributed by atoms with E-state index in [1.54, 1.807) is 6.92 Å². The number of nitrogens with zero attached hydrogens (tertiary/aromatic N) is 3. The number of aryl methyl sites for hydroxylation is 1. The van der Waals surface area contributed by atoms with Crippen LogP contribution in [0, 0.1) is 12.3 Å². The Hall–Kier alpha value is -1.12. The molecule has 7 nitrogen and oxygen atoms in total. The normalized spacial score (nSPS) is 28.7. The number of aromatic nitrogens is 1. The van der Waals surface area contributed by atoms with Crippen LogP contribution in [0.2, 0.25) is 0 Å². The van der Waals surface area contributed by atoms with Crippen molar-refractivity contribution in [3.63, 3.8) is 0 Å². The summed E-state index contributed by atoms with van der Waals surface area (Å²) in [5.74, 6) is 0.207. The molecule has 0 bridgehead atoms. The largest absolute Gasteiger partial charge is 0.380 e. The molecule has 0 amide bonds. The molecular weight excluding hydrogens is 280 g/mol.